The zero-order chi connectivity index (χ0) is 13.8. The number of aromatic nitrogens is 2. The van der Waals surface area contributed by atoms with Gasteiger partial charge in [-0.2, -0.15) is 5.10 Å². The third-order valence-electron chi connectivity index (χ3n) is 3.39. The highest BCUT2D eigenvalue weighted by molar-refractivity contribution is 5.98. The number of aryl methyl sites for hydroxylation is 2. The molecule has 1 unspecified atom stereocenters. The molecular formula is C16H20N2O. The van der Waals surface area contributed by atoms with Crippen molar-refractivity contribution in [3.8, 4) is 0 Å². The predicted molar refractivity (Wildman–Crippen MR) is 76.5 cm³/mol. The van der Waals surface area contributed by atoms with E-state index >= 15 is 0 Å². The van der Waals surface area contributed by atoms with Crippen molar-refractivity contribution < 1.29 is 4.79 Å². The molecule has 0 aliphatic heterocycles. The first-order chi connectivity index (χ1) is 9.17. The van der Waals surface area contributed by atoms with Crippen LogP contribution >= 0.6 is 0 Å². The zero-order valence-electron chi connectivity index (χ0n) is 11.8. The van der Waals surface area contributed by atoms with E-state index in [4.69, 9.17) is 0 Å². The van der Waals surface area contributed by atoms with Gasteiger partial charge < -0.3 is 0 Å². The summed E-state index contributed by atoms with van der Waals surface area (Å²) in [5.41, 5.74) is 2.91. The molecule has 0 N–H and O–H groups in total. The van der Waals surface area contributed by atoms with E-state index in [-0.39, 0.29) is 11.8 Å². The van der Waals surface area contributed by atoms with Crippen molar-refractivity contribution in [2.45, 2.75) is 39.7 Å². The van der Waals surface area contributed by atoms with E-state index in [1.807, 2.05) is 41.9 Å². The van der Waals surface area contributed by atoms with Gasteiger partial charge in [0.25, 0.3) is 0 Å². The molecule has 0 spiro atoms. The van der Waals surface area contributed by atoms with Crippen molar-refractivity contribution in [3.05, 3.63) is 53.3 Å². The first-order valence-electron chi connectivity index (χ1n) is 6.83. The quantitative estimate of drug-likeness (QED) is 0.768. The van der Waals surface area contributed by atoms with E-state index < -0.39 is 0 Å². The normalized spacial score (nSPS) is 12.4. The minimum absolute atomic E-state index is 0.112. The van der Waals surface area contributed by atoms with E-state index in [9.17, 15) is 4.79 Å². The van der Waals surface area contributed by atoms with Gasteiger partial charge in [-0.3, -0.25) is 9.48 Å². The Bertz CT molecular complexity index is 557. The average Bonchev–Trinajstić information content (AvgIpc) is 2.90. The van der Waals surface area contributed by atoms with E-state index in [1.165, 1.54) is 0 Å². The van der Waals surface area contributed by atoms with Gasteiger partial charge in [0.1, 0.15) is 6.04 Å². The van der Waals surface area contributed by atoms with Crippen LogP contribution in [0.5, 0.6) is 0 Å². The van der Waals surface area contributed by atoms with Gasteiger partial charge in [0.05, 0.1) is 5.69 Å². The number of rotatable bonds is 5. The summed E-state index contributed by atoms with van der Waals surface area (Å²) in [6, 6.07) is 11.3. The molecular weight excluding hydrogens is 236 g/mol. The second-order valence-corrected chi connectivity index (χ2v) is 4.68. The average molecular weight is 256 g/mol. The van der Waals surface area contributed by atoms with Crippen LogP contribution in [0.1, 0.15) is 48.6 Å². The van der Waals surface area contributed by atoms with Gasteiger partial charge in [-0.05, 0) is 25.8 Å². The molecule has 0 bridgehead atoms. The van der Waals surface area contributed by atoms with Crippen LogP contribution in [0.4, 0.5) is 0 Å². The summed E-state index contributed by atoms with van der Waals surface area (Å²) in [5, 5.41) is 4.54. The second-order valence-electron chi connectivity index (χ2n) is 4.68. The SMILES string of the molecule is CCc1cc(CC)n(C(C)C(=O)c2ccccc2)n1. The van der Waals surface area contributed by atoms with Gasteiger partial charge in [0, 0.05) is 11.3 Å². The molecule has 19 heavy (non-hydrogen) atoms. The summed E-state index contributed by atoms with van der Waals surface area (Å²) in [5.74, 6) is 0.112. The number of carbonyl (C=O) groups excluding carboxylic acids is 1. The number of benzene rings is 1. The van der Waals surface area contributed by atoms with Crippen molar-refractivity contribution >= 4 is 5.78 Å². The number of ketones is 1. The van der Waals surface area contributed by atoms with Crippen LogP contribution in [0.2, 0.25) is 0 Å². The summed E-state index contributed by atoms with van der Waals surface area (Å²) in [6.07, 6.45) is 1.78. The van der Waals surface area contributed by atoms with Crippen LogP contribution in [0, 0.1) is 0 Å². The molecule has 1 aromatic carbocycles. The van der Waals surface area contributed by atoms with Crippen molar-refractivity contribution in [2.75, 3.05) is 0 Å². The van der Waals surface area contributed by atoms with Gasteiger partial charge in [-0.25, -0.2) is 0 Å². The van der Waals surface area contributed by atoms with E-state index in [0.717, 1.165) is 29.8 Å². The molecule has 0 aliphatic carbocycles. The molecule has 0 amide bonds. The molecule has 0 aliphatic rings. The lowest BCUT2D eigenvalue weighted by molar-refractivity contribution is 0.0926. The van der Waals surface area contributed by atoms with Gasteiger partial charge >= 0.3 is 0 Å². The van der Waals surface area contributed by atoms with Gasteiger partial charge in [0.15, 0.2) is 5.78 Å². The minimum atomic E-state index is -0.252. The molecule has 2 rings (SSSR count). The number of Topliss-reactive ketones (excluding diaryl/α,β-unsaturated/α-hetero) is 1. The molecule has 1 aromatic heterocycles. The summed E-state index contributed by atoms with van der Waals surface area (Å²) in [4.78, 5) is 12.5. The van der Waals surface area contributed by atoms with Crippen LogP contribution in [0.3, 0.4) is 0 Å². The molecule has 3 nitrogen and oxygen atoms in total. The van der Waals surface area contributed by atoms with Crippen LogP contribution in [0.25, 0.3) is 0 Å². The van der Waals surface area contributed by atoms with E-state index in [2.05, 4.69) is 25.0 Å². The Morgan fingerprint density at radius 2 is 1.89 bits per heavy atom. The highest BCUT2D eigenvalue weighted by Crippen LogP contribution is 2.17. The number of hydrogen-bond donors (Lipinski definition) is 0. The third-order valence-corrected chi connectivity index (χ3v) is 3.39. The Morgan fingerprint density at radius 1 is 1.21 bits per heavy atom. The summed E-state index contributed by atoms with van der Waals surface area (Å²) in [6.45, 7) is 6.09. The summed E-state index contributed by atoms with van der Waals surface area (Å²) in [7, 11) is 0. The summed E-state index contributed by atoms with van der Waals surface area (Å²) >= 11 is 0. The number of hydrogen-bond acceptors (Lipinski definition) is 2. The number of nitrogens with zero attached hydrogens (tertiary/aromatic N) is 2. The van der Waals surface area contributed by atoms with E-state index in [0.29, 0.717) is 0 Å². The summed E-state index contributed by atoms with van der Waals surface area (Å²) < 4.78 is 1.87. The second kappa shape index (κ2) is 5.83. The van der Waals surface area contributed by atoms with Crippen molar-refractivity contribution in [1.82, 2.24) is 9.78 Å². The monoisotopic (exact) mass is 256 g/mol. The van der Waals surface area contributed by atoms with Crippen LogP contribution in [-0.4, -0.2) is 15.6 Å². The predicted octanol–water partition coefficient (Wildman–Crippen LogP) is 3.45. The van der Waals surface area contributed by atoms with Crippen molar-refractivity contribution in [1.29, 1.82) is 0 Å². The van der Waals surface area contributed by atoms with Crippen molar-refractivity contribution in [2.24, 2.45) is 0 Å². The molecule has 0 saturated carbocycles. The van der Waals surface area contributed by atoms with Crippen LogP contribution < -0.4 is 0 Å². The number of carbonyl (C=O) groups is 1. The fraction of sp³-hybridized carbons (Fsp3) is 0.375. The van der Waals surface area contributed by atoms with Gasteiger partial charge in [-0.15, -0.1) is 0 Å². The maximum atomic E-state index is 12.5. The molecule has 2 aromatic rings. The molecule has 100 valence electrons. The van der Waals surface area contributed by atoms with Crippen LogP contribution in [-0.2, 0) is 12.8 Å². The van der Waals surface area contributed by atoms with Gasteiger partial charge in [-0.1, -0.05) is 44.2 Å². The molecule has 1 atom stereocenters. The first-order valence-corrected chi connectivity index (χ1v) is 6.83. The van der Waals surface area contributed by atoms with Gasteiger partial charge in [0.2, 0.25) is 0 Å². The largest absolute Gasteiger partial charge is 0.292 e. The van der Waals surface area contributed by atoms with Crippen molar-refractivity contribution in [3.63, 3.8) is 0 Å². The molecule has 1 heterocycles. The minimum Gasteiger partial charge on any atom is -0.292 e. The highest BCUT2D eigenvalue weighted by atomic mass is 16.1. The Labute approximate surface area is 114 Å². The Kier molecular flexibility index (Phi) is 4.15. The molecule has 0 fully saturated rings. The standard InChI is InChI=1S/C16H20N2O/c1-4-14-11-15(5-2)18(17-14)12(3)16(19)13-9-7-6-8-10-13/h6-12H,4-5H2,1-3H3. The molecule has 0 saturated heterocycles. The molecule has 3 heteroatoms. The third kappa shape index (κ3) is 2.75. The smallest absolute Gasteiger partial charge is 0.187 e. The van der Waals surface area contributed by atoms with E-state index in [1.54, 1.807) is 0 Å². The highest BCUT2D eigenvalue weighted by Gasteiger charge is 2.20. The van der Waals surface area contributed by atoms with Crippen LogP contribution in [0.15, 0.2) is 36.4 Å². The lowest BCUT2D eigenvalue weighted by Gasteiger charge is -2.14. The maximum absolute atomic E-state index is 12.5. The zero-order valence-corrected chi connectivity index (χ0v) is 11.8. The molecule has 0 radical (unpaired) electrons. The lowest BCUT2D eigenvalue weighted by Crippen LogP contribution is -2.19. The first kappa shape index (κ1) is 13.5. The lowest BCUT2D eigenvalue weighted by atomic mass is 10.1. The fourth-order valence-electron chi connectivity index (χ4n) is 2.22. The fourth-order valence-corrected chi connectivity index (χ4v) is 2.22. The Balaban J connectivity index is 2.31. The Morgan fingerprint density at radius 3 is 2.47 bits per heavy atom. The Hall–Kier alpha value is -1.90. The maximum Gasteiger partial charge on any atom is 0.187 e. The topological polar surface area (TPSA) is 34.9 Å².